The number of benzene rings is 1. The molecule has 1 aromatic heterocycles. The maximum atomic E-state index is 13.2. The molecule has 1 saturated heterocycles. The number of ether oxygens (including phenoxy) is 1. The number of nitrogens with one attached hydrogen (secondary N) is 1. The summed E-state index contributed by atoms with van der Waals surface area (Å²) in [5.74, 6) is 0.774. The molecule has 2 aliphatic rings. The predicted octanol–water partition coefficient (Wildman–Crippen LogP) is 2.02. The van der Waals surface area contributed by atoms with E-state index < -0.39 is 0 Å². The van der Waals surface area contributed by atoms with Crippen LogP contribution in [0.1, 0.15) is 41.9 Å². The van der Waals surface area contributed by atoms with Gasteiger partial charge in [-0.05, 0) is 44.7 Å². The zero-order valence-corrected chi connectivity index (χ0v) is 14.1. The first-order valence-electron chi connectivity index (χ1n) is 8.53. The molecule has 0 bridgehead atoms. The number of amides is 1. The Bertz CT molecular complexity index is 787. The van der Waals surface area contributed by atoms with Crippen molar-refractivity contribution in [2.24, 2.45) is 0 Å². The summed E-state index contributed by atoms with van der Waals surface area (Å²) in [6.07, 6.45) is 2.57. The molecule has 24 heavy (non-hydrogen) atoms. The molecule has 0 unspecified atom stereocenters. The number of carbonyl (C=O) groups excluding carboxylic acids is 1. The van der Waals surface area contributed by atoms with Crippen LogP contribution in [0.15, 0.2) is 18.2 Å². The van der Waals surface area contributed by atoms with E-state index >= 15 is 0 Å². The van der Waals surface area contributed by atoms with Crippen LogP contribution in [-0.2, 0) is 4.74 Å². The standard InChI is InChI=1S/C18H23N3O3/c1-11-19-14-5-3-4-13(16(14)20-11)17(23)21-9-8-18(24-2)7-6-12(22)10-15(18)21/h3-5,12,15,22H,6-10H2,1-2H3,(H,19,20)/t12-,15-,18+/m0/s1. The number of hydrogen-bond donors (Lipinski definition) is 2. The molecule has 2 N–H and O–H groups in total. The van der Waals surface area contributed by atoms with Crippen molar-refractivity contribution >= 4 is 16.9 Å². The summed E-state index contributed by atoms with van der Waals surface area (Å²) < 4.78 is 5.83. The van der Waals surface area contributed by atoms with Crippen molar-refractivity contribution in [3.05, 3.63) is 29.6 Å². The summed E-state index contributed by atoms with van der Waals surface area (Å²) >= 11 is 0. The van der Waals surface area contributed by atoms with Crippen molar-refractivity contribution in [2.45, 2.75) is 50.4 Å². The number of aliphatic hydroxyl groups is 1. The lowest BCUT2D eigenvalue weighted by Gasteiger charge is -2.42. The number of H-pyrrole nitrogens is 1. The molecule has 1 amide bonds. The summed E-state index contributed by atoms with van der Waals surface area (Å²) in [6.45, 7) is 2.54. The molecule has 1 aliphatic carbocycles. The minimum atomic E-state index is -0.366. The van der Waals surface area contributed by atoms with E-state index in [1.807, 2.05) is 30.0 Å². The van der Waals surface area contributed by atoms with Gasteiger partial charge in [-0.2, -0.15) is 0 Å². The second kappa shape index (κ2) is 5.57. The van der Waals surface area contributed by atoms with Crippen molar-refractivity contribution < 1.29 is 14.6 Å². The van der Waals surface area contributed by atoms with Gasteiger partial charge in [0, 0.05) is 13.7 Å². The van der Waals surface area contributed by atoms with Crippen molar-refractivity contribution in [1.29, 1.82) is 0 Å². The number of rotatable bonds is 2. The van der Waals surface area contributed by atoms with Crippen molar-refractivity contribution in [1.82, 2.24) is 14.9 Å². The largest absolute Gasteiger partial charge is 0.393 e. The number of aliphatic hydroxyl groups excluding tert-OH is 1. The van der Waals surface area contributed by atoms with Crippen LogP contribution < -0.4 is 0 Å². The first-order chi connectivity index (χ1) is 11.5. The monoisotopic (exact) mass is 329 g/mol. The Labute approximate surface area is 140 Å². The van der Waals surface area contributed by atoms with Gasteiger partial charge in [-0.15, -0.1) is 0 Å². The van der Waals surface area contributed by atoms with Crippen molar-refractivity contribution in [3.8, 4) is 0 Å². The number of para-hydroxylation sites is 1. The van der Waals surface area contributed by atoms with Gasteiger partial charge in [0.25, 0.3) is 5.91 Å². The molecule has 128 valence electrons. The summed E-state index contributed by atoms with van der Waals surface area (Å²) in [6, 6.07) is 5.56. The van der Waals surface area contributed by atoms with Crippen molar-refractivity contribution in [2.75, 3.05) is 13.7 Å². The molecule has 0 radical (unpaired) electrons. The number of likely N-dealkylation sites (tertiary alicyclic amines) is 1. The van der Waals surface area contributed by atoms with Gasteiger partial charge < -0.3 is 19.7 Å². The van der Waals surface area contributed by atoms with E-state index in [0.717, 1.165) is 30.6 Å². The van der Waals surface area contributed by atoms with Gasteiger partial charge in [0.15, 0.2) is 0 Å². The maximum absolute atomic E-state index is 13.2. The number of fused-ring (bicyclic) bond motifs is 2. The number of aromatic amines is 1. The second-order valence-electron chi connectivity index (χ2n) is 6.99. The van der Waals surface area contributed by atoms with Crippen molar-refractivity contribution in [3.63, 3.8) is 0 Å². The molecular weight excluding hydrogens is 306 g/mol. The highest BCUT2D eigenvalue weighted by Gasteiger charge is 2.52. The number of methoxy groups -OCH3 is 1. The third-order valence-electron chi connectivity index (χ3n) is 5.68. The Morgan fingerprint density at radius 3 is 3.08 bits per heavy atom. The minimum Gasteiger partial charge on any atom is -0.393 e. The predicted molar refractivity (Wildman–Crippen MR) is 89.9 cm³/mol. The SMILES string of the molecule is CO[C@@]12CC[C@H](O)C[C@@H]1N(C(=O)c1cccc3[nH]c(C)nc13)CC2. The zero-order chi connectivity index (χ0) is 16.9. The van der Waals surface area contributed by atoms with E-state index in [2.05, 4.69) is 9.97 Å². The van der Waals surface area contributed by atoms with Crippen LogP contribution in [0.4, 0.5) is 0 Å². The Kier molecular flexibility index (Phi) is 3.62. The Morgan fingerprint density at radius 1 is 1.46 bits per heavy atom. The van der Waals surface area contributed by atoms with Gasteiger partial charge in [0.05, 0.1) is 28.8 Å². The van der Waals surface area contributed by atoms with E-state index in [9.17, 15) is 9.90 Å². The zero-order valence-electron chi connectivity index (χ0n) is 14.1. The van der Waals surface area contributed by atoms with Crippen LogP contribution in [0.5, 0.6) is 0 Å². The molecule has 2 aromatic rings. The summed E-state index contributed by atoms with van der Waals surface area (Å²) in [5, 5.41) is 10.1. The molecule has 6 heteroatoms. The van der Waals surface area contributed by atoms with Gasteiger partial charge in [-0.3, -0.25) is 4.79 Å². The topological polar surface area (TPSA) is 78.5 Å². The number of aromatic nitrogens is 2. The van der Waals surface area contributed by atoms with Crippen LogP contribution >= 0.6 is 0 Å². The lowest BCUT2D eigenvalue weighted by atomic mass is 9.79. The molecular formula is C18H23N3O3. The molecule has 6 nitrogen and oxygen atoms in total. The Balaban J connectivity index is 1.71. The van der Waals surface area contributed by atoms with E-state index in [4.69, 9.17) is 4.74 Å². The number of carbonyl (C=O) groups is 1. The van der Waals surface area contributed by atoms with Crippen LogP contribution in [-0.4, -0.2) is 57.3 Å². The maximum Gasteiger partial charge on any atom is 0.256 e. The van der Waals surface area contributed by atoms with E-state index in [1.54, 1.807) is 7.11 Å². The number of hydrogen-bond acceptors (Lipinski definition) is 4. The molecule has 4 rings (SSSR count). The third-order valence-corrected chi connectivity index (χ3v) is 5.68. The highest BCUT2D eigenvalue weighted by molar-refractivity contribution is 6.05. The van der Waals surface area contributed by atoms with Gasteiger partial charge in [-0.25, -0.2) is 4.98 Å². The molecule has 3 atom stereocenters. The van der Waals surface area contributed by atoms with Crippen LogP contribution in [0, 0.1) is 6.92 Å². The van der Waals surface area contributed by atoms with Gasteiger partial charge in [0.1, 0.15) is 11.3 Å². The number of imidazole rings is 1. The Hall–Kier alpha value is -1.92. The average molecular weight is 329 g/mol. The molecule has 1 aliphatic heterocycles. The van der Waals surface area contributed by atoms with E-state index in [-0.39, 0.29) is 23.7 Å². The lowest BCUT2D eigenvalue weighted by molar-refractivity contribution is -0.0824. The van der Waals surface area contributed by atoms with E-state index in [1.165, 1.54) is 0 Å². The molecule has 1 aromatic carbocycles. The quantitative estimate of drug-likeness (QED) is 0.883. The smallest absolute Gasteiger partial charge is 0.256 e. The molecule has 2 fully saturated rings. The fraction of sp³-hybridized carbons (Fsp3) is 0.556. The number of aryl methyl sites for hydroxylation is 1. The fourth-order valence-corrected chi connectivity index (χ4v) is 4.40. The highest BCUT2D eigenvalue weighted by Crippen LogP contribution is 2.43. The highest BCUT2D eigenvalue weighted by atomic mass is 16.5. The normalized spacial score (nSPS) is 29.9. The van der Waals surface area contributed by atoms with E-state index in [0.29, 0.717) is 24.0 Å². The van der Waals surface area contributed by atoms with Crippen LogP contribution in [0.2, 0.25) is 0 Å². The first kappa shape index (κ1) is 15.6. The Morgan fingerprint density at radius 2 is 2.29 bits per heavy atom. The third kappa shape index (κ3) is 2.24. The minimum absolute atomic E-state index is 0.0230. The lowest BCUT2D eigenvalue weighted by Crippen LogP contribution is -2.52. The number of nitrogens with zero attached hydrogens (tertiary/aromatic N) is 2. The fourth-order valence-electron chi connectivity index (χ4n) is 4.40. The second-order valence-corrected chi connectivity index (χ2v) is 6.99. The summed E-state index contributed by atoms with van der Waals surface area (Å²) in [4.78, 5) is 22.8. The van der Waals surface area contributed by atoms with Gasteiger partial charge >= 0.3 is 0 Å². The van der Waals surface area contributed by atoms with Gasteiger partial charge in [0.2, 0.25) is 0 Å². The van der Waals surface area contributed by atoms with Gasteiger partial charge in [-0.1, -0.05) is 6.07 Å². The summed E-state index contributed by atoms with van der Waals surface area (Å²) in [7, 11) is 1.72. The van der Waals surface area contributed by atoms with Crippen LogP contribution in [0.3, 0.4) is 0 Å². The first-order valence-corrected chi connectivity index (χ1v) is 8.53. The van der Waals surface area contributed by atoms with Crippen LogP contribution in [0.25, 0.3) is 11.0 Å². The summed E-state index contributed by atoms with van der Waals surface area (Å²) in [5.41, 5.74) is 1.89. The average Bonchev–Trinajstić information content (AvgIpc) is 3.13. The molecule has 2 heterocycles. The molecule has 1 saturated carbocycles. The molecule has 0 spiro atoms.